The Morgan fingerprint density at radius 3 is 2.62 bits per heavy atom. The predicted octanol–water partition coefficient (Wildman–Crippen LogP) is 0.652. The van der Waals surface area contributed by atoms with Crippen molar-refractivity contribution in [3.8, 4) is 0 Å². The molecule has 88 valence electrons. The Labute approximate surface area is 95.5 Å². The number of carbonyl (C=O) groups excluding carboxylic acids is 1. The molecule has 4 nitrogen and oxygen atoms in total. The minimum absolute atomic E-state index is 0.265. The molecule has 0 saturated carbocycles. The van der Waals surface area contributed by atoms with Crippen molar-refractivity contribution < 1.29 is 14.6 Å². The number of rotatable bonds is 5. The molecular weight excluding hydrogens is 206 g/mol. The fourth-order valence-corrected chi connectivity index (χ4v) is 1.47. The van der Waals surface area contributed by atoms with Gasteiger partial charge in [0, 0.05) is 13.1 Å². The normalized spacial score (nSPS) is 12.5. The van der Waals surface area contributed by atoms with Crippen molar-refractivity contribution in [3.05, 3.63) is 35.9 Å². The quantitative estimate of drug-likeness (QED) is 0.745. The van der Waals surface area contributed by atoms with Crippen LogP contribution >= 0.6 is 0 Å². The first-order chi connectivity index (χ1) is 7.63. The molecule has 0 aromatic heterocycles. The zero-order valence-corrected chi connectivity index (χ0v) is 9.59. The second kappa shape index (κ2) is 6.25. The van der Waals surface area contributed by atoms with Crippen LogP contribution in [0.1, 0.15) is 5.56 Å². The zero-order chi connectivity index (χ0) is 12.0. The van der Waals surface area contributed by atoms with Crippen molar-refractivity contribution in [1.82, 2.24) is 4.90 Å². The fourth-order valence-electron chi connectivity index (χ4n) is 1.47. The SMILES string of the molecule is COC(=O)[C@H](O)CN(C)Cc1ccccc1. The largest absolute Gasteiger partial charge is 0.467 e. The lowest BCUT2D eigenvalue weighted by atomic mass is 10.2. The number of esters is 1. The van der Waals surface area contributed by atoms with Crippen LogP contribution in [0.3, 0.4) is 0 Å². The van der Waals surface area contributed by atoms with Gasteiger partial charge in [-0.3, -0.25) is 4.90 Å². The smallest absolute Gasteiger partial charge is 0.336 e. The average Bonchev–Trinajstić information content (AvgIpc) is 2.29. The summed E-state index contributed by atoms with van der Waals surface area (Å²) >= 11 is 0. The van der Waals surface area contributed by atoms with Crippen molar-refractivity contribution in [2.75, 3.05) is 20.7 Å². The zero-order valence-electron chi connectivity index (χ0n) is 9.59. The Morgan fingerprint density at radius 1 is 1.44 bits per heavy atom. The summed E-state index contributed by atoms with van der Waals surface area (Å²) in [5.74, 6) is -0.597. The molecule has 1 atom stereocenters. The molecule has 0 spiro atoms. The minimum Gasteiger partial charge on any atom is -0.467 e. The maximum absolute atomic E-state index is 11.0. The molecule has 1 rings (SSSR count). The number of likely N-dealkylation sites (N-methyl/N-ethyl adjacent to an activating group) is 1. The maximum Gasteiger partial charge on any atom is 0.336 e. The summed E-state index contributed by atoms with van der Waals surface area (Å²) in [5, 5.41) is 9.45. The van der Waals surface area contributed by atoms with Gasteiger partial charge in [0.15, 0.2) is 6.10 Å². The van der Waals surface area contributed by atoms with Crippen molar-refractivity contribution in [3.63, 3.8) is 0 Å². The summed E-state index contributed by atoms with van der Waals surface area (Å²) in [5.41, 5.74) is 1.14. The van der Waals surface area contributed by atoms with E-state index in [9.17, 15) is 9.90 Å². The van der Waals surface area contributed by atoms with E-state index >= 15 is 0 Å². The number of benzene rings is 1. The third-order valence-electron chi connectivity index (χ3n) is 2.25. The topological polar surface area (TPSA) is 49.8 Å². The van der Waals surface area contributed by atoms with Gasteiger partial charge in [0.2, 0.25) is 0 Å². The second-order valence-corrected chi connectivity index (χ2v) is 3.72. The summed E-state index contributed by atoms with van der Waals surface area (Å²) in [6, 6.07) is 9.87. The Bertz CT molecular complexity index is 326. The van der Waals surface area contributed by atoms with Gasteiger partial charge >= 0.3 is 5.97 Å². The summed E-state index contributed by atoms with van der Waals surface area (Å²) < 4.78 is 4.45. The molecule has 0 bridgehead atoms. The predicted molar refractivity (Wildman–Crippen MR) is 60.8 cm³/mol. The fraction of sp³-hybridized carbons (Fsp3) is 0.417. The molecule has 1 aromatic carbocycles. The van der Waals surface area contributed by atoms with Gasteiger partial charge in [0.05, 0.1) is 7.11 Å². The van der Waals surface area contributed by atoms with Gasteiger partial charge in [-0.05, 0) is 12.6 Å². The Kier molecular flexibility index (Phi) is 4.95. The van der Waals surface area contributed by atoms with Gasteiger partial charge in [-0.15, -0.1) is 0 Å². The molecule has 0 fully saturated rings. The van der Waals surface area contributed by atoms with Crippen molar-refractivity contribution in [1.29, 1.82) is 0 Å². The van der Waals surface area contributed by atoms with E-state index in [1.807, 2.05) is 42.3 Å². The van der Waals surface area contributed by atoms with Crippen LogP contribution in [-0.4, -0.2) is 42.8 Å². The van der Waals surface area contributed by atoms with E-state index in [1.54, 1.807) is 0 Å². The van der Waals surface area contributed by atoms with Crippen molar-refractivity contribution in [2.24, 2.45) is 0 Å². The van der Waals surface area contributed by atoms with Gasteiger partial charge in [-0.2, -0.15) is 0 Å². The summed E-state index contributed by atoms with van der Waals surface area (Å²) in [4.78, 5) is 12.9. The highest BCUT2D eigenvalue weighted by molar-refractivity contribution is 5.74. The van der Waals surface area contributed by atoms with Gasteiger partial charge in [0.25, 0.3) is 0 Å². The first kappa shape index (κ1) is 12.7. The molecule has 0 aliphatic carbocycles. The van der Waals surface area contributed by atoms with E-state index in [-0.39, 0.29) is 6.54 Å². The van der Waals surface area contributed by atoms with E-state index in [0.29, 0.717) is 6.54 Å². The first-order valence-electron chi connectivity index (χ1n) is 5.12. The van der Waals surface area contributed by atoms with Gasteiger partial charge in [-0.25, -0.2) is 4.79 Å². The molecule has 1 N–H and O–H groups in total. The van der Waals surface area contributed by atoms with Crippen LogP contribution in [0.5, 0.6) is 0 Å². The third kappa shape index (κ3) is 4.00. The molecule has 0 radical (unpaired) electrons. The monoisotopic (exact) mass is 223 g/mol. The Hall–Kier alpha value is -1.39. The molecule has 0 saturated heterocycles. The van der Waals surface area contributed by atoms with E-state index < -0.39 is 12.1 Å². The lowest BCUT2D eigenvalue weighted by molar-refractivity contribution is -0.151. The molecule has 1 aromatic rings. The highest BCUT2D eigenvalue weighted by atomic mass is 16.5. The Balaban J connectivity index is 2.42. The van der Waals surface area contributed by atoms with Crippen molar-refractivity contribution in [2.45, 2.75) is 12.6 Å². The molecule has 0 aliphatic heterocycles. The standard InChI is InChI=1S/C12H17NO3/c1-13(9-11(14)12(15)16-2)8-10-6-4-3-5-7-10/h3-7,11,14H,8-9H2,1-2H3/t11-/m1/s1. The van der Waals surface area contributed by atoms with E-state index in [1.165, 1.54) is 7.11 Å². The van der Waals surface area contributed by atoms with Gasteiger partial charge in [-0.1, -0.05) is 30.3 Å². The number of carbonyl (C=O) groups is 1. The van der Waals surface area contributed by atoms with Crippen LogP contribution in [0.15, 0.2) is 30.3 Å². The summed E-state index contributed by atoms with van der Waals surface area (Å²) in [6.45, 7) is 0.955. The molecular formula is C12H17NO3. The van der Waals surface area contributed by atoms with E-state index in [2.05, 4.69) is 4.74 Å². The number of aliphatic hydroxyl groups excluding tert-OH is 1. The number of ether oxygens (including phenoxy) is 1. The van der Waals surface area contributed by atoms with Crippen LogP contribution in [0.4, 0.5) is 0 Å². The molecule has 0 unspecified atom stereocenters. The van der Waals surface area contributed by atoms with E-state index in [4.69, 9.17) is 0 Å². The van der Waals surface area contributed by atoms with Crippen LogP contribution < -0.4 is 0 Å². The average molecular weight is 223 g/mol. The number of nitrogens with zero attached hydrogens (tertiary/aromatic N) is 1. The molecule has 0 heterocycles. The summed E-state index contributed by atoms with van der Waals surface area (Å²) in [6.07, 6.45) is -1.08. The lowest BCUT2D eigenvalue weighted by Gasteiger charge is -2.19. The van der Waals surface area contributed by atoms with Gasteiger partial charge in [0.1, 0.15) is 0 Å². The highest BCUT2D eigenvalue weighted by Crippen LogP contribution is 2.03. The van der Waals surface area contributed by atoms with Crippen LogP contribution in [0, 0.1) is 0 Å². The van der Waals surface area contributed by atoms with Crippen LogP contribution in [-0.2, 0) is 16.1 Å². The minimum atomic E-state index is -1.08. The molecule has 0 amide bonds. The van der Waals surface area contributed by atoms with Gasteiger partial charge < -0.3 is 9.84 Å². The van der Waals surface area contributed by atoms with Crippen LogP contribution in [0.25, 0.3) is 0 Å². The first-order valence-corrected chi connectivity index (χ1v) is 5.12. The number of hydrogen-bond acceptors (Lipinski definition) is 4. The maximum atomic E-state index is 11.0. The second-order valence-electron chi connectivity index (χ2n) is 3.72. The molecule has 16 heavy (non-hydrogen) atoms. The van der Waals surface area contributed by atoms with Crippen molar-refractivity contribution >= 4 is 5.97 Å². The lowest BCUT2D eigenvalue weighted by Crippen LogP contribution is -2.35. The third-order valence-corrected chi connectivity index (χ3v) is 2.25. The molecule has 0 aliphatic rings. The number of methoxy groups -OCH3 is 1. The Morgan fingerprint density at radius 2 is 2.06 bits per heavy atom. The van der Waals surface area contributed by atoms with E-state index in [0.717, 1.165) is 5.56 Å². The number of aliphatic hydroxyl groups is 1. The number of hydrogen-bond donors (Lipinski definition) is 1. The summed E-state index contributed by atoms with van der Waals surface area (Å²) in [7, 11) is 3.11. The highest BCUT2D eigenvalue weighted by Gasteiger charge is 2.17. The van der Waals surface area contributed by atoms with Crippen LogP contribution in [0.2, 0.25) is 0 Å². The molecule has 4 heteroatoms.